The first-order valence-corrected chi connectivity index (χ1v) is 8.42. The van der Waals surface area contributed by atoms with Gasteiger partial charge in [-0.25, -0.2) is 9.97 Å². The van der Waals surface area contributed by atoms with Crippen LogP contribution in [0.1, 0.15) is 29.2 Å². The molecule has 0 bridgehead atoms. The van der Waals surface area contributed by atoms with Crippen molar-refractivity contribution >= 4 is 5.91 Å². The van der Waals surface area contributed by atoms with E-state index in [4.69, 9.17) is 0 Å². The van der Waals surface area contributed by atoms with Gasteiger partial charge in [0.25, 0.3) is 0 Å². The number of carbonyl (C=O) groups is 1. The summed E-state index contributed by atoms with van der Waals surface area (Å²) in [6.07, 6.45) is 4.45. The molecular formula is C21H21N3O. The van der Waals surface area contributed by atoms with Gasteiger partial charge in [-0.3, -0.25) is 4.79 Å². The molecule has 1 amide bonds. The number of aromatic nitrogens is 2. The Bertz CT molecular complexity index is 776. The van der Waals surface area contributed by atoms with E-state index in [1.54, 1.807) is 12.3 Å². The first kappa shape index (κ1) is 16.8. The number of rotatable bonds is 7. The molecule has 0 spiro atoms. The predicted molar refractivity (Wildman–Crippen MR) is 97.8 cm³/mol. The average Bonchev–Trinajstić information content (AvgIpc) is 2.68. The number of benzene rings is 2. The average molecular weight is 331 g/mol. The molecule has 3 aromatic rings. The summed E-state index contributed by atoms with van der Waals surface area (Å²) >= 11 is 0. The number of amides is 1. The van der Waals surface area contributed by atoms with Crippen molar-refractivity contribution in [3.63, 3.8) is 0 Å². The third-order valence-corrected chi connectivity index (χ3v) is 4.14. The molecule has 1 aromatic heterocycles. The number of carbonyl (C=O) groups excluding carboxylic acids is 1. The van der Waals surface area contributed by atoms with E-state index in [1.165, 1.54) is 17.5 Å². The molecule has 1 N–H and O–H groups in total. The Kier molecular flexibility index (Phi) is 5.88. The zero-order valence-corrected chi connectivity index (χ0v) is 14.0. The van der Waals surface area contributed by atoms with Crippen molar-refractivity contribution in [1.82, 2.24) is 15.3 Å². The predicted octanol–water partition coefficient (Wildman–Crippen LogP) is 3.51. The Labute approximate surface area is 148 Å². The first-order chi connectivity index (χ1) is 12.3. The van der Waals surface area contributed by atoms with Crippen LogP contribution in [0.4, 0.5) is 0 Å². The van der Waals surface area contributed by atoms with Gasteiger partial charge < -0.3 is 5.32 Å². The minimum atomic E-state index is 0.0309. The van der Waals surface area contributed by atoms with E-state index in [2.05, 4.69) is 39.6 Å². The molecule has 126 valence electrons. The van der Waals surface area contributed by atoms with Crippen LogP contribution in [-0.2, 0) is 17.8 Å². The summed E-state index contributed by atoms with van der Waals surface area (Å²) in [5.41, 5.74) is 3.23. The summed E-state index contributed by atoms with van der Waals surface area (Å²) in [4.78, 5) is 20.4. The molecule has 0 aliphatic heterocycles. The number of nitrogens with one attached hydrogen (secondary N) is 1. The van der Waals surface area contributed by atoms with E-state index in [1.807, 2.05) is 36.4 Å². The molecule has 0 fully saturated rings. The van der Waals surface area contributed by atoms with Crippen LogP contribution in [0, 0.1) is 0 Å². The molecule has 0 radical (unpaired) electrons. The summed E-state index contributed by atoms with van der Waals surface area (Å²) in [5, 5.41) is 2.96. The highest BCUT2D eigenvalue weighted by Crippen LogP contribution is 2.24. The maximum absolute atomic E-state index is 12.4. The Balaban J connectivity index is 1.66. The smallest absolute Gasteiger partial charge is 0.220 e. The van der Waals surface area contributed by atoms with Crippen LogP contribution in [0.15, 0.2) is 79.3 Å². The summed E-state index contributed by atoms with van der Waals surface area (Å²) in [6, 6.07) is 22.3. The molecule has 1 unspecified atom stereocenters. The largest absolute Gasteiger partial charge is 0.350 e. The van der Waals surface area contributed by atoms with E-state index in [0.29, 0.717) is 13.0 Å². The number of hydrogen-bond acceptors (Lipinski definition) is 3. The summed E-state index contributed by atoms with van der Waals surface area (Å²) in [6.45, 7) is 0.425. The topological polar surface area (TPSA) is 54.9 Å². The summed E-state index contributed by atoms with van der Waals surface area (Å²) in [5.74, 6) is 0.178. The SMILES string of the molecule is O=C(CC(Cc1ccccc1)c1ccccc1)NCc1ccncn1. The fourth-order valence-electron chi connectivity index (χ4n) is 2.84. The minimum Gasteiger partial charge on any atom is -0.350 e. The summed E-state index contributed by atoms with van der Waals surface area (Å²) in [7, 11) is 0. The zero-order chi connectivity index (χ0) is 17.3. The highest BCUT2D eigenvalue weighted by molar-refractivity contribution is 5.76. The molecule has 4 nitrogen and oxygen atoms in total. The lowest BCUT2D eigenvalue weighted by atomic mass is 9.89. The molecule has 1 atom stereocenters. The van der Waals surface area contributed by atoms with E-state index in [9.17, 15) is 4.79 Å². The van der Waals surface area contributed by atoms with Gasteiger partial charge in [0, 0.05) is 12.6 Å². The highest BCUT2D eigenvalue weighted by atomic mass is 16.1. The lowest BCUT2D eigenvalue weighted by Gasteiger charge is -2.17. The molecule has 0 aliphatic carbocycles. The van der Waals surface area contributed by atoms with Gasteiger partial charge in [-0.2, -0.15) is 0 Å². The summed E-state index contributed by atoms with van der Waals surface area (Å²) < 4.78 is 0. The van der Waals surface area contributed by atoms with Crippen molar-refractivity contribution in [3.8, 4) is 0 Å². The van der Waals surface area contributed by atoms with Crippen molar-refractivity contribution < 1.29 is 4.79 Å². The van der Waals surface area contributed by atoms with Crippen LogP contribution < -0.4 is 5.32 Å². The monoisotopic (exact) mass is 331 g/mol. The fourth-order valence-corrected chi connectivity index (χ4v) is 2.84. The molecule has 25 heavy (non-hydrogen) atoms. The third kappa shape index (κ3) is 5.24. The Morgan fingerprint density at radius 3 is 2.36 bits per heavy atom. The van der Waals surface area contributed by atoms with Gasteiger partial charge >= 0.3 is 0 Å². The molecule has 0 saturated heterocycles. The Morgan fingerprint density at radius 1 is 0.960 bits per heavy atom. The first-order valence-electron chi connectivity index (χ1n) is 8.42. The second-order valence-electron chi connectivity index (χ2n) is 5.98. The van der Waals surface area contributed by atoms with Crippen LogP contribution in [0.25, 0.3) is 0 Å². The van der Waals surface area contributed by atoms with Gasteiger partial charge in [-0.15, -0.1) is 0 Å². The lowest BCUT2D eigenvalue weighted by molar-refractivity contribution is -0.121. The van der Waals surface area contributed by atoms with E-state index >= 15 is 0 Å². The Morgan fingerprint density at radius 2 is 1.68 bits per heavy atom. The quantitative estimate of drug-likeness (QED) is 0.721. The highest BCUT2D eigenvalue weighted by Gasteiger charge is 2.16. The second kappa shape index (κ2) is 8.73. The van der Waals surface area contributed by atoms with Gasteiger partial charge in [0.1, 0.15) is 6.33 Å². The standard InChI is InChI=1S/C21H21N3O/c25-21(23-15-20-11-12-22-16-24-20)14-19(18-9-5-2-6-10-18)13-17-7-3-1-4-8-17/h1-12,16,19H,13-15H2,(H,23,25). The molecule has 0 saturated carbocycles. The van der Waals surface area contributed by atoms with Gasteiger partial charge in [0.15, 0.2) is 0 Å². The molecule has 1 heterocycles. The van der Waals surface area contributed by atoms with Crippen LogP contribution >= 0.6 is 0 Å². The van der Waals surface area contributed by atoms with Gasteiger partial charge in [0.05, 0.1) is 12.2 Å². The fraction of sp³-hybridized carbons (Fsp3) is 0.190. The minimum absolute atomic E-state index is 0.0309. The van der Waals surface area contributed by atoms with Crippen molar-refractivity contribution in [2.45, 2.75) is 25.3 Å². The van der Waals surface area contributed by atoms with Crippen LogP contribution in [-0.4, -0.2) is 15.9 Å². The van der Waals surface area contributed by atoms with Crippen molar-refractivity contribution in [3.05, 3.63) is 96.1 Å². The van der Waals surface area contributed by atoms with Crippen LogP contribution in [0.2, 0.25) is 0 Å². The number of hydrogen-bond donors (Lipinski definition) is 1. The normalized spacial score (nSPS) is 11.7. The van der Waals surface area contributed by atoms with Gasteiger partial charge in [0.2, 0.25) is 5.91 Å². The van der Waals surface area contributed by atoms with Crippen molar-refractivity contribution in [1.29, 1.82) is 0 Å². The van der Waals surface area contributed by atoms with Crippen LogP contribution in [0.3, 0.4) is 0 Å². The van der Waals surface area contributed by atoms with Crippen molar-refractivity contribution in [2.75, 3.05) is 0 Å². The zero-order valence-electron chi connectivity index (χ0n) is 14.0. The molecule has 3 rings (SSSR count). The van der Waals surface area contributed by atoms with E-state index in [0.717, 1.165) is 12.1 Å². The second-order valence-corrected chi connectivity index (χ2v) is 5.98. The van der Waals surface area contributed by atoms with E-state index in [-0.39, 0.29) is 11.8 Å². The molecular weight excluding hydrogens is 310 g/mol. The molecule has 2 aromatic carbocycles. The maximum atomic E-state index is 12.4. The molecule has 4 heteroatoms. The maximum Gasteiger partial charge on any atom is 0.220 e. The lowest BCUT2D eigenvalue weighted by Crippen LogP contribution is -2.25. The molecule has 0 aliphatic rings. The third-order valence-electron chi connectivity index (χ3n) is 4.14. The Hall–Kier alpha value is -3.01. The van der Waals surface area contributed by atoms with Gasteiger partial charge in [-0.1, -0.05) is 60.7 Å². The van der Waals surface area contributed by atoms with Crippen LogP contribution in [0.5, 0.6) is 0 Å². The van der Waals surface area contributed by atoms with Crippen molar-refractivity contribution in [2.24, 2.45) is 0 Å². The van der Waals surface area contributed by atoms with E-state index < -0.39 is 0 Å². The number of nitrogens with zero attached hydrogens (tertiary/aromatic N) is 2. The van der Waals surface area contributed by atoms with Gasteiger partial charge in [-0.05, 0) is 29.5 Å².